The Morgan fingerprint density at radius 1 is 1.09 bits per heavy atom. The summed E-state index contributed by atoms with van der Waals surface area (Å²) in [6.45, 7) is 6.38. The van der Waals surface area contributed by atoms with E-state index in [1.807, 2.05) is 81.4 Å². The first kappa shape index (κ1) is 24.0. The molecule has 7 heteroatoms. The minimum atomic E-state index is -0.475. The van der Waals surface area contributed by atoms with E-state index >= 15 is 0 Å². The van der Waals surface area contributed by atoms with Crippen LogP contribution in [0.4, 0.5) is 10.5 Å². The highest BCUT2D eigenvalue weighted by Gasteiger charge is 2.27. The highest BCUT2D eigenvalue weighted by Crippen LogP contribution is 2.26. The fourth-order valence-corrected chi connectivity index (χ4v) is 4.22. The van der Waals surface area contributed by atoms with Crippen LogP contribution < -0.4 is 15.6 Å². The van der Waals surface area contributed by atoms with E-state index in [9.17, 15) is 9.59 Å². The molecule has 0 aliphatic rings. The van der Waals surface area contributed by atoms with Crippen molar-refractivity contribution in [2.75, 3.05) is 19.0 Å². The molecule has 180 valence electrons. The van der Waals surface area contributed by atoms with Gasteiger partial charge >= 0.3 is 6.03 Å². The first-order chi connectivity index (χ1) is 16.9. The van der Waals surface area contributed by atoms with E-state index in [0.29, 0.717) is 34.7 Å². The van der Waals surface area contributed by atoms with Crippen LogP contribution in [0.15, 0.2) is 77.6 Å². The molecular formula is C28H30N4O3. The van der Waals surface area contributed by atoms with Gasteiger partial charge < -0.3 is 15.0 Å². The summed E-state index contributed by atoms with van der Waals surface area (Å²) in [6, 6.07) is 21.5. The largest absolute Gasteiger partial charge is 0.497 e. The predicted octanol–water partition coefficient (Wildman–Crippen LogP) is 5.71. The quantitative estimate of drug-likeness (QED) is 0.375. The molecule has 0 spiro atoms. The number of carbonyl (C=O) groups excluding carboxylic acids is 1. The first-order valence-corrected chi connectivity index (χ1v) is 11.7. The zero-order chi connectivity index (χ0) is 24.9. The smallest absolute Gasteiger partial charge is 0.322 e. The first-order valence-electron chi connectivity index (χ1n) is 11.7. The number of methoxy groups -OCH3 is 1. The molecule has 35 heavy (non-hydrogen) atoms. The van der Waals surface area contributed by atoms with Crippen molar-refractivity contribution in [1.82, 2.24) is 14.5 Å². The van der Waals surface area contributed by atoms with Crippen LogP contribution in [0.25, 0.3) is 16.6 Å². The predicted molar refractivity (Wildman–Crippen MR) is 140 cm³/mol. The number of hydrogen-bond donors (Lipinski definition) is 1. The average molecular weight is 471 g/mol. The lowest BCUT2D eigenvalue weighted by Gasteiger charge is -2.30. The van der Waals surface area contributed by atoms with E-state index in [1.54, 1.807) is 28.7 Å². The summed E-state index contributed by atoms with van der Waals surface area (Å²) >= 11 is 0. The molecule has 0 aliphatic carbocycles. The minimum Gasteiger partial charge on any atom is -0.497 e. The summed E-state index contributed by atoms with van der Waals surface area (Å²) in [6.07, 6.45) is 0.748. The maximum Gasteiger partial charge on any atom is 0.322 e. The van der Waals surface area contributed by atoms with Gasteiger partial charge in [-0.3, -0.25) is 9.36 Å². The van der Waals surface area contributed by atoms with Crippen LogP contribution in [0.3, 0.4) is 0 Å². The lowest BCUT2D eigenvalue weighted by Crippen LogP contribution is -2.40. The van der Waals surface area contributed by atoms with E-state index in [2.05, 4.69) is 5.32 Å². The van der Waals surface area contributed by atoms with Crippen LogP contribution in [0.1, 0.15) is 37.7 Å². The van der Waals surface area contributed by atoms with Crippen molar-refractivity contribution < 1.29 is 9.53 Å². The molecule has 0 saturated heterocycles. The van der Waals surface area contributed by atoms with Gasteiger partial charge in [0, 0.05) is 18.3 Å². The van der Waals surface area contributed by atoms with Crippen molar-refractivity contribution in [3.63, 3.8) is 0 Å². The zero-order valence-corrected chi connectivity index (χ0v) is 20.5. The van der Waals surface area contributed by atoms with Crippen LogP contribution in [-0.4, -0.2) is 34.1 Å². The number of aromatic nitrogens is 2. The number of carbonyl (C=O) groups is 1. The molecular weight excluding hydrogens is 440 g/mol. The minimum absolute atomic E-state index is 0.156. The van der Waals surface area contributed by atoms with Gasteiger partial charge in [0.05, 0.1) is 29.7 Å². The molecule has 3 aromatic carbocycles. The summed E-state index contributed by atoms with van der Waals surface area (Å²) in [7, 11) is 1.59. The molecule has 4 aromatic rings. The number of benzene rings is 3. The van der Waals surface area contributed by atoms with Crippen molar-refractivity contribution in [3.05, 3.63) is 94.5 Å². The van der Waals surface area contributed by atoms with E-state index in [1.165, 1.54) is 0 Å². The van der Waals surface area contributed by atoms with Gasteiger partial charge in [0.2, 0.25) is 0 Å². The molecule has 4 rings (SSSR count). The lowest BCUT2D eigenvalue weighted by atomic mass is 10.1. The molecule has 1 N–H and O–H groups in total. The monoisotopic (exact) mass is 470 g/mol. The third-order valence-electron chi connectivity index (χ3n) is 6.05. The summed E-state index contributed by atoms with van der Waals surface area (Å²) in [5, 5.41) is 3.50. The van der Waals surface area contributed by atoms with Crippen molar-refractivity contribution in [1.29, 1.82) is 0 Å². The normalized spacial score (nSPS) is 11.8. The molecule has 0 aliphatic heterocycles. The Bertz CT molecular complexity index is 1410. The summed E-state index contributed by atoms with van der Waals surface area (Å²) in [5.41, 5.74) is 2.78. The number of rotatable bonds is 7. The Morgan fingerprint density at radius 3 is 2.57 bits per heavy atom. The third kappa shape index (κ3) is 4.89. The van der Waals surface area contributed by atoms with Gasteiger partial charge in [0.1, 0.15) is 11.6 Å². The van der Waals surface area contributed by atoms with Gasteiger partial charge in [-0.1, -0.05) is 43.3 Å². The number of fused-ring (bicyclic) bond motifs is 1. The lowest BCUT2D eigenvalue weighted by molar-refractivity contribution is 0.189. The maximum atomic E-state index is 13.7. The van der Waals surface area contributed by atoms with Crippen LogP contribution in [0, 0.1) is 6.92 Å². The van der Waals surface area contributed by atoms with Crippen molar-refractivity contribution >= 4 is 22.6 Å². The number of amides is 2. The number of anilines is 1. The summed E-state index contributed by atoms with van der Waals surface area (Å²) in [5.74, 6) is 1.17. The van der Waals surface area contributed by atoms with Gasteiger partial charge in [-0.2, -0.15) is 0 Å². The van der Waals surface area contributed by atoms with Crippen molar-refractivity contribution in [3.8, 4) is 11.4 Å². The zero-order valence-electron chi connectivity index (χ0n) is 20.5. The average Bonchev–Trinajstić information content (AvgIpc) is 2.87. The Hall–Kier alpha value is -4.13. The Kier molecular flexibility index (Phi) is 7.15. The van der Waals surface area contributed by atoms with E-state index in [-0.39, 0.29) is 11.6 Å². The topological polar surface area (TPSA) is 76.5 Å². The van der Waals surface area contributed by atoms with Gasteiger partial charge in [-0.05, 0) is 56.2 Å². The molecule has 2 amide bonds. The number of ether oxygens (including phenoxy) is 1. The van der Waals surface area contributed by atoms with E-state index in [0.717, 1.165) is 17.7 Å². The molecule has 1 aromatic heterocycles. The number of aryl methyl sites for hydroxylation is 1. The number of urea groups is 1. The van der Waals surface area contributed by atoms with Crippen LogP contribution in [-0.2, 0) is 0 Å². The summed E-state index contributed by atoms with van der Waals surface area (Å²) in [4.78, 5) is 33.8. The van der Waals surface area contributed by atoms with Crippen molar-refractivity contribution in [2.24, 2.45) is 0 Å². The molecule has 0 bridgehead atoms. The van der Waals surface area contributed by atoms with E-state index in [4.69, 9.17) is 9.72 Å². The molecule has 7 nitrogen and oxygen atoms in total. The molecule has 0 radical (unpaired) electrons. The summed E-state index contributed by atoms with van der Waals surface area (Å²) < 4.78 is 6.92. The Morgan fingerprint density at radius 2 is 1.83 bits per heavy atom. The van der Waals surface area contributed by atoms with Crippen LogP contribution in [0.2, 0.25) is 0 Å². The second-order valence-electron chi connectivity index (χ2n) is 8.45. The molecule has 0 saturated carbocycles. The second kappa shape index (κ2) is 10.4. The SMILES string of the molecule is CCCN(C(=O)Nc1cccc(OC)c1)C(C)c1nc2ccccc2c(=O)n1-c1ccccc1C. The standard InChI is InChI=1S/C28H30N4O3/c1-5-17-31(28(34)29-21-12-10-13-22(18-21)35-4)20(3)26-30-24-15-8-7-14-23(24)27(33)32(26)25-16-9-6-11-19(25)2/h6-16,18,20H,5,17H2,1-4H3,(H,29,34). The molecule has 1 atom stereocenters. The fraction of sp³-hybridized carbons (Fsp3) is 0.250. The van der Waals surface area contributed by atoms with E-state index < -0.39 is 6.04 Å². The number of para-hydroxylation sites is 2. The second-order valence-corrected chi connectivity index (χ2v) is 8.45. The van der Waals surface area contributed by atoms with Gasteiger partial charge in [-0.25, -0.2) is 9.78 Å². The van der Waals surface area contributed by atoms with Gasteiger partial charge in [-0.15, -0.1) is 0 Å². The van der Waals surface area contributed by atoms with Crippen LogP contribution in [0.5, 0.6) is 5.75 Å². The number of hydrogen-bond acceptors (Lipinski definition) is 4. The molecule has 1 heterocycles. The highest BCUT2D eigenvalue weighted by atomic mass is 16.5. The van der Waals surface area contributed by atoms with Crippen molar-refractivity contribution in [2.45, 2.75) is 33.2 Å². The third-order valence-corrected chi connectivity index (χ3v) is 6.05. The van der Waals surface area contributed by atoms with Crippen LogP contribution >= 0.6 is 0 Å². The number of nitrogens with one attached hydrogen (secondary N) is 1. The highest BCUT2D eigenvalue weighted by molar-refractivity contribution is 5.90. The molecule has 1 unspecified atom stereocenters. The molecule has 0 fully saturated rings. The van der Waals surface area contributed by atoms with Gasteiger partial charge in [0.25, 0.3) is 5.56 Å². The number of nitrogens with zero attached hydrogens (tertiary/aromatic N) is 3. The maximum absolute atomic E-state index is 13.7. The Labute approximate surface area is 205 Å². The Balaban J connectivity index is 1.82. The van der Waals surface area contributed by atoms with Gasteiger partial charge in [0.15, 0.2) is 0 Å². The fourth-order valence-electron chi connectivity index (χ4n) is 4.22.